The highest BCUT2D eigenvalue weighted by Gasteiger charge is 2.50. The first kappa shape index (κ1) is 18.5. The average Bonchev–Trinajstić information content (AvgIpc) is 3.06. The van der Waals surface area contributed by atoms with Gasteiger partial charge in [0, 0.05) is 20.4 Å². The molecular weight excluding hydrogens is 412 g/mol. The van der Waals surface area contributed by atoms with Gasteiger partial charge in [-0.05, 0) is 15.9 Å². The number of carbonyl (C=O) groups is 2. The predicted octanol–water partition coefficient (Wildman–Crippen LogP) is -0.109. The van der Waals surface area contributed by atoms with Gasteiger partial charge in [-0.25, -0.2) is 14.6 Å². The summed E-state index contributed by atoms with van der Waals surface area (Å²) < 4.78 is 18.3. The molecule has 3 rings (SSSR count). The number of aromatic nitrogens is 4. The van der Waals surface area contributed by atoms with Crippen LogP contribution in [0.3, 0.4) is 0 Å². The van der Waals surface area contributed by atoms with Crippen molar-refractivity contribution in [2.75, 3.05) is 12.3 Å². The Morgan fingerprint density at radius 1 is 1.27 bits per heavy atom. The molecule has 2 aromatic rings. The zero-order chi connectivity index (χ0) is 19.0. The number of ether oxygens (including phenoxy) is 3. The number of carbonyl (C=O) groups excluding carboxylic acids is 2. The first-order valence-electron chi connectivity index (χ1n) is 7.67. The van der Waals surface area contributed by atoms with Crippen LogP contribution >= 0.6 is 15.9 Å². The van der Waals surface area contributed by atoms with Crippen LogP contribution in [-0.2, 0) is 23.8 Å². The lowest BCUT2D eigenvalue weighted by atomic mass is 10.1. The molecule has 0 aromatic carbocycles. The average molecular weight is 429 g/mol. The van der Waals surface area contributed by atoms with E-state index in [1.807, 2.05) is 0 Å². The zero-order valence-corrected chi connectivity index (χ0v) is 15.5. The highest BCUT2D eigenvalue weighted by Crippen LogP contribution is 2.37. The number of hydrogen-bond donors (Lipinski definition) is 2. The molecule has 1 fully saturated rings. The summed E-state index contributed by atoms with van der Waals surface area (Å²) in [6.07, 6.45) is -2.17. The lowest BCUT2D eigenvalue weighted by Gasteiger charge is -2.23. The number of hydrogen-bond acceptors (Lipinski definition) is 10. The van der Waals surface area contributed by atoms with Gasteiger partial charge in [-0.1, -0.05) is 0 Å². The monoisotopic (exact) mass is 428 g/mol. The summed E-state index contributed by atoms with van der Waals surface area (Å²) >= 11 is 3.31. The molecule has 11 nitrogen and oxygen atoms in total. The van der Waals surface area contributed by atoms with Gasteiger partial charge in [-0.2, -0.15) is 5.10 Å². The summed E-state index contributed by atoms with van der Waals surface area (Å²) in [7, 11) is 0. The normalized spacial score (nSPS) is 25.4. The number of nitrogens with zero attached hydrogens (tertiary/aromatic N) is 4. The Balaban J connectivity index is 2.09. The molecule has 12 heteroatoms. The van der Waals surface area contributed by atoms with E-state index in [9.17, 15) is 9.59 Å². The lowest BCUT2D eigenvalue weighted by molar-refractivity contribution is -0.165. The highest BCUT2D eigenvalue weighted by atomic mass is 79.9. The van der Waals surface area contributed by atoms with Crippen LogP contribution < -0.4 is 11.5 Å². The van der Waals surface area contributed by atoms with E-state index in [-0.39, 0.29) is 12.4 Å². The van der Waals surface area contributed by atoms with Crippen LogP contribution in [0, 0.1) is 0 Å². The minimum atomic E-state index is -0.962. The van der Waals surface area contributed by atoms with Crippen molar-refractivity contribution >= 4 is 44.7 Å². The molecule has 0 amide bonds. The van der Waals surface area contributed by atoms with Crippen molar-refractivity contribution in [2.24, 2.45) is 5.73 Å². The van der Waals surface area contributed by atoms with Crippen LogP contribution in [0.4, 0.5) is 5.82 Å². The maximum atomic E-state index is 11.6. The van der Waals surface area contributed by atoms with Gasteiger partial charge in [0.25, 0.3) is 0 Å². The van der Waals surface area contributed by atoms with Crippen LogP contribution in [0.15, 0.2) is 10.9 Å². The summed E-state index contributed by atoms with van der Waals surface area (Å²) in [4.78, 5) is 31.2. The van der Waals surface area contributed by atoms with Crippen LogP contribution in [0.5, 0.6) is 0 Å². The largest absolute Gasteiger partial charge is 0.456 e. The number of esters is 2. The quantitative estimate of drug-likeness (QED) is 0.629. The minimum Gasteiger partial charge on any atom is -0.456 e. The molecule has 140 valence electrons. The molecule has 1 aliphatic heterocycles. The topological polar surface area (TPSA) is 157 Å². The molecule has 3 heterocycles. The lowest BCUT2D eigenvalue weighted by Crippen LogP contribution is -2.41. The first-order chi connectivity index (χ1) is 12.3. The van der Waals surface area contributed by atoms with Crippen molar-refractivity contribution in [1.29, 1.82) is 0 Å². The SMILES string of the molecule is CC(=O)O[C@@H]1[C@H](OC(C)=O)[C@@H](CN)O[C@H]1n1nc(Br)c2c(N)ncnc21. The van der Waals surface area contributed by atoms with Crippen molar-refractivity contribution < 1.29 is 23.8 Å². The molecule has 1 aliphatic rings. The summed E-state index contributed by atoms with van der Waals surface area (Å²) in [5.74, 6) is -0.891. The highest BCUT2D eigenvalue weighted by molar-refractivity contribution is 9.10. The maximum absolute atomic E-state index is 11.6. The molecule has 4 N–H and O–H groups in total. The standard InChI is InChI=1S/C14H17BrN6O5/c1-5(22)24-9-7(3-16)26-14(10(9)25-6(2)23)21-13-8(11(15)20-21)12(17)18-4-19-13/h4,7,9-10,14H,3,16H2,1-2H3,(H2,17,18,19)/t7-,9-,10-,14-/m1/s1. The fourth-order valence-electron chi connectivity index (χ4n) is 2.88. The fraction of sp³-hybridized carbons (Fsp3) is 0.500. The van der Waals surface area contributed by atoms with Gasteiger partial charge in [0.2, 0.25) is 0 Å². The summed E-state index contributed by atoms with van der Waals surface area (Å²) in [5, 5.41) is 4.81. The fourth-order valence-corrected chi connectivity index (χ4v) is 3.43. The number of halogens is 1. The molecule has 26 heavy (non-hydrogen) atoms. The third kappa shape index (κ3) is 3.22. The summed E-state index contributed by atoms with van der Waals surface area (Å²) in [6, 6.07) is 0. The molecule has 0 unspecified atom stereocenters. The Morgan fingerprint density at radius 3 is 2.54 bits per heavy atom. The Morgan fingerprint density at radius 2 is 1.92 bits per heavy atom. The van der Waals surface area contributed by atoms with Crippen molar-refractivity contribution in [3.05, 3.63) is 10.9 Å². The van der Waals surface area contributed by atoms with Crippen LogP contribution in [0.25, 0.3) is 11.0 Å². The van der Waals surface area contributed by atoms with Gasteiger partial charge < -0.3 is 25.7 Å². The second-order valence-corrected chi connectivity index (χ2v) is 6.39. The summed E-state index contributed by atoms with van der Waals surface area (Å²) in [5.41, 5.74) is 12.0. The molecular formula is C14H17BrN6O5. The Kier molecular flexibility index (Phi) is 5.07. The van der Waals surface area contributed by atoms with Gasteiger partial charge >= 0.3 is 11.9 Å². The van der Waals surface area contributed by atoms with E-state index in [0.29, 0.717) is 15.6 Å². The minimum absolute atomic E-state index is 0.0453. The third-order valence-electron chi connectivity index (χ3n) is 3.84. The molecule has 0 saturated carbocycles. The zero-order valence-electron chi connectivity index (χ0n) is 14.0. The van der Waals surface area contributed by atoms with Crippen LogP contribution in [0.2, 0.25) is 0 Å². The van der Waals surface area contributed by atoms with E-state index in [2.05, 4.69) is 31.0 Å². The first-order valence-corrected chi connectivity index (χ1v) is 8.47. The third-order valence-corrected chi connectivity index (χ3v) is 4.39. The molecule has 0 radical (unpaired) electrons. The van der Waals surface area contributed by atoms with E-state index in [0.717, 1.165) is 0 Å². The maximum Gasteiger partial charge on any atom is 0.303 e. The van der Waals surface area contributed by atoms with Crippen LogP contribution in [-0.4, -0.2) is 56.5 Å². The van der Waals surface area contributed by atoms with Gasteiger partial charge in [0.1, 0.15) is 22.9 Å². The number of nitrogens with two attached hydrogens (primary N) is 2. The molecule has 0 bridgehead atoms. The smallest absolute Gasteiger partial charge is 0.303 e. The molecule has 2 aromatic heterocycles. The number of nitrogen functional groups attached to an aromatic ring is 1. The van der Waals surface area contributed by atoms with Crippen molar-refractivity contribution in [3.63, 3.8) is 0 Å². The molecule has 0 aliphatic carbocycles. The molecule has 1 saturated heterocycles. The van der Waals surface area contributed by atoms with E-state index in [1.54, 1.807) is 0 Å². The van der Waals surface area contributed by atoms with Crippen molar-refractivity contribution in [1.82, 2.24) is 19.7 Å². The van der Waals surface area contributed by atoms with Crippen molar-refractivity contribution in [2.45, 2.75) is 38.4 Å². The second kappa shape index (κ2) is 7.13. The molecule has 4 atom stereocenters. The number of rotatable bonds is 4. The Bertz CT molecular complexity index is 858. The van der Waals surface area contributed by atoms with Gasteiger partial charge in [0.15, 0.2) is 24.1 Å². The van der Waals surface area contributed by atoms with Gasteiger partial charge in [-0.15, -0.1) is 0 Å². The van der Waals surface area contributed by atoms with Crippen LogP contribution in [0.1, 0.15) is 20.1 Å². The number of anilines is 1. The van der Waals surface area contributed by atoms with E-state index < -0.39 is 36.5 Å². The van der Waals surface area contributed by atoms with E-state index >= 15 is 0 Å². The predicted molar refractivity (Wildman–Crippen MR) is 91.5 cm³/mol. The van der Waals surface area contributed by atoms with E-state index in [1.165, 1.54) is 24.9 Å². The van der Waals surface area contributed by atoms with E-state index in [4.69, 9.17) is 25.7 Å². The molecule has 0 spiro atoms. The number of fused-ring (bicyclic) bond motifs is 1. The van der Waals surface area contributed by atoms with Crippen molar-refractivity contribution in [3.8, 4) is 0 Å². The van der Waals surface area contributed by atoms with Gasteiger partial charge in [-0.3, -0.25) is 9.59 Å². The summed E-state index contributed by atoms with van der Waals surface area (Å²) in [6.45, 7) is 2.54. The van der Waals surface area contributed by atoms with Gasteiger partial charge in [0.05, 0.1) is 5.39 Å². The Labute approximate surface area is 156 Å². The Hall–Kier alpha value is -2.31. The second-order valence-electron chi connectivity index (χ2n) is 5.64.